The van der Waals surface area contributed by atoms with Crippen molar-refractivity contribution in [2.75, 3.05) is 18.8 Å². The molecule has 13 heavy (non-hydrogen) atoms. The second-order valence-corrected chi connectivity index (χ2v) is 5.60. The van der Waals surface area contributed by atoms with Gasteiger partial charge in [-0.2, -0.15) is 0 Å². The summed E-state index contributed by atoms with van der Waals surface area (Å²) in [6.07, 6.45) is 2.43. The summed E-state index contributed by atoms with van der Waals surface area (Å²) in [4.78, 5) is 0. The number of piperidine rings is 1. The van der Waals surface area contributed by atoms with E-state index >= 15 is 0 Å². The zero-order valence-corrected chi connectivity index (χ0v) is 9.75. The van der Waals surface area contributed by atoms with E-state index in [-0.39, 0.29) is 0 Å². The Labute approximate surface area is 90.6 Å². The van der Waals surface area contributed by atoms with Crippen molar-refractivity contribution < 1.29 is 0 Å². The fraction of sp³-hybridized carbons (Fsp3) is 0.556. The van der Waals surface area contributed by atoms with E-state index in [1.54, 1.807) is 11.3 Å². The van der Waals surface area contributed by atoms with Crippen LogP contribution in [0.5, 0.6) is 0 Å². The van der Waals surface area contributed by atoms with Gasteiger partial charge >= 0.3 is 0 Å². The van der Waals surface area contributed by atoms with Crippen molar-refractivity contribution in [3.8, 4) is 0 Å². The molecule has 72 valence electrons. The van der Waals surface area contributed by atoms with Gasteiger partial charge in [-0.15, -0.1) is 11.3 Å². The number of nitrogens with two attached hydrogens (primary N) is 1. The first-order valence-corrected chi connectivity index (χ1v) is 6.19. The minimum atomic E-state index is 0.670. The van der Waals surface area contributed by atoms with Crippen molar-refractivity contribution in [2.45, 2.75) is 18.8 Å². The lowest BCUT2D eigenvalue weighted by atomic mass is 9.91. The lowest BCUT2D eigenvalue weighted by Crippen LogP contribution is -2.26. The van der Waals surface area contributed by atoms with E-state index < -0.39 is 0 Å². The van der Waals surface area contributed by atoms with Gasteiger partial charge in [-0.25, -0.2) is 0 Å². The van der Waals surface area contributed by atoms with Gasteiger partial charge in [-0.05, 0) is 58.7 Å². The second kappa shape index (κ2) is 3.98. The van der Waals surface area contributed by atoms with Crippen LogP contribution in [0.2, 0.25) is 0 Å². The molecule has 2 rings (SSSR count). The minimum absolute atomic E-state index is 0.670. The lowest BCUT2D eigenvalue weighted by molar-refractivity contribution is 0.462. The largest absolute Gasteiger partial charge is 0.397 e. The van der Waals surface area contributed by atoms with Gasteiger partial charge in [-0.1, -0.05) is 0 Å². The van der Waals surface area contributed by atoms with E-state index in [0.29, 0.717) is 5.92 Å². The number of anilines is 1. The highest BCUT2D eigenvalue weighted by Crippen LogP contribution is 2.38. The van der Waals surface area contributed by atoms with Crippen LogP contribution >= 0.6 is 27.3 Å². The Morgan fingerprint density at radius 2 is 2.15 bits per heavy atom. The minimum Gasteiger partial charge on any atom is -0.397 e. The number of rotatable bonds is 1. The molecule has 2 nitrogen and oxygen atoms in total. The summed E-state index contributed by atoms with van der Waals surface area (Å²) in [5.41, 5.74) is 8.28. The van der Waals surface area contributed by atoms with E-state index in [1.807, 2.05) is 0 Å². The Morgan fingerprint density at radius 3 is 2.69 bits per heavy atom. The topological polar surface area (TPSA) is 38.0 Å². The predicted molar refractivity (Wildman–Crippen MR) is 61.3 cm³/mol. The third-order valence-electron chi connectivity index (χ3n) is 2.59. The Morgan fingerprint density at radius 1 is 1.46 bits per heavy atom. The van der Waals surface area contributed by atoms with Crippen molar-refractivity contribution >= 4 is 33.0 Å². The van der Waals surface area contributed by atoms with Crippen LogP contribution in [0.4, 0.5) is 5.69 Å². The Balaban J connectivity index is 2.18. The molecule has 0 atom stereocenters. The van der Waals surface area contributed by atoms with Crippen LogP contribution in [0, 0.1) is 0 Å². The van der Waals surface area contributed by atoms with Crippen LogP contribution < -0.4 is 11.1 Å². The fourth-order valence-electron chi connectivity index (χ4n) is 1.80. The molecule has 1 fully saturated rings. The maximum absolute atomic E-state index is 5.98. The van der Waals surface area contributed by atoms with Crippen LogP contribution in [0.1, 0.15) is 24.3 Å². The molecule has 1 saturated heterocycles. The molecule has 1 aliphatic rings. The summed E-state index contributed by atoms with van der Waals surface area (Å²) < 4.78 is 1.08. The normalized spacial score (nSPS) is 19.2. The Bertz CT molecular complexity index is 292. The summed E-state index contributed by atoms with van der Waals surface area (Å²) in [5, 5.41) is 5.55. The van der Waals surface area contributed by atoms with E-state index in [2.05, 4.69) is 26.6 Å². The molecule has 0 aromatic carbocycles. The molecule has 0 unspecified atom stereocenters. The Kier molecular flexibility index (Phi) is 2.91. The summed E-state index contributed by atoms with van der Waals surface area (Å²) in [5.74, 6) is 0.670. The maximum Gasteiger partial charge on any atom is 0.0930 e. The summed E-state index contributed by atoms with van der Waals surface area (Å²) in [7, 11) is 0. The van der Waals surface area contributed by atoms with Gasteiger partial charge in [0.2, 0.25) is 0 Å². The molecule has 1 aromatic heterocycles. The lowest BCUT2D eigenvalue weighted by Gasteiger charge is -2.22. The van der Waals surface area contributed by atoms with E-state index in [9.17, 15) is 0 Å². The first-order valence-electron chi connectivity index (χ1n) is 4.52. The molecule has 1 aliphatic heterocycles. The molecule has 2 heterocycles. The van der Waals surface area contributed by atoms with Crippen LogP contribution in [-0.4, -0.2) is 13.1 Å². The highest BCUT2D eigenvalue weighted by molar-refractivity contribution is 9.11. The van der Waals surface area contributed by atoms with Crippen LogP contribution in [0.3, 0.4) is 0 Å². The van der Waals surface area contributed by atoms with Crippen LogP contribution in [-0.2, 0) is 0 Å². The SMILES string of the molecule is Nc1c(C2CCNCC2)csc1Br. The quantitative estimate of drug-likeness (QED) is 0.815. The predicted octanol–water partition coefficient (Wildman–Crippen LogP) is 2.56. The number of thiophene rings is 1. The zero-order valence-electron chi connectivity index (χ0n) is 7.35. The first-order chi connectivity index (χ1) is 6.29. The van der Waals surface area contributed by atoms with Crippen molar-refractivity contribution in [1.29, 1.82) is 0 Å². The summed E-state index contributed by atoms with van der Waals surface area (Å²) >= 11 is 5.16. The molecule has 4 heteroatoms. The van der Waals surface area contributed by atoms with Crippen molar-refractivity contribution in [2.24, 2.45) is 0 Å². The van der Waals surface area contributed by atoms with Crippen molar-refractivity contribution in [1.82, 2.24) is 5.32 Å². The average molecular weight is 261 g/mol. The molecule has 0 amide bonds. The van der Waals surface area contributed by atoms with Crippen molar-refractivity contribution in [3.63, 3.8) is 0 Å². The van der Waals surface area contributed by atoms with Crippen molar-refractivity contribution in [3.05, 3.63) is 14.7 Å². The van der Waals surface area contributed by atoms with Crippen LogP contribution in [0.15, 0.2) is 9.17 Å². The number of hydrogen-bond donors (Lipinski definition) is 2. The number of hydrogen-bond acceptors (Lipinski definition) is 3. The molecule has 0 spiro atoms. The Hall–Kier alpha value is -0.0600. The molecular formula is C9H13BrN2S. The monoisotopic (exact) mass is 260 g/mol. The third kappa shape index (κ3) is 1.90. The summed E-state index contributed by atoms with van der Waals surface area (Å²) in [6.45, 7) is 2.25. The molecule has 0 saturated carbocycles. The number of halogens is 1. The van der Waals surface area contributed by atoms with Gasteiger partial charge in [0.15, 0.2) is 0 Å². The molecule has 0 bridgehead atoms. The average Bonchev–Trinajstić information content (AvgIpc) is 2.49. The van der Waals surface area contributed by atoms with Gasteiger partial charge < -0.3 is 11.1 Å². The van der Waals surface area contributed by atoms with Gasteiger partial charge in [0.05, 0.1) is 9.47 Å². The first kappa shape index (κ1) is 9.49. The molecule has 0 aliphatic carbocycles. The molecule has 0 radical (unpaired) electrons. The van der Waals surface area contributed by atoms with E-state index in [1.165, 1.54) is 18.4 Å². The maximum atomic E-state index is 5.98. The van der Waals surface area contributed by atoms with Gasteiger partial charge in [0.25, 0.3) is 0 Å². The van der Waals surface area contributed by atoms with Gasteiger partial charge in [0.1, 0.15) is 0 Å². The molecular weight excluding hydrogens is 248 g/mol. The van der Waals surface area contributed by atoms with Gasteiger partial charge in [-0.3, -0.25) is 0 Å². The second-order valence-electron chi connectivity index (χ2n) is 3.40. The third-order valence-corrected chi connectivity index (χ3v) is 4.38. The molecule has 1 aromatic rings. The highest BCUT2D eigenvalue weighted by Gasteiger charge is 2.19. The smallest absolute Gasteiger partial charge is 0.0930 e. The van der Waals surface area contributed by atoms with E-state index in [4.69, 9.17) is 5.73 Å². The zero-order chi connectivity index (χ0) is 9.26. The number of nitrogen functional groups attached to an aromatic ring is 1. The van der Waals surface area contributed by atoms with Gasteiger partial charge in [0, 0.05) is 0 Å². The summed E-state index contributed by atoms with van der Waals surface area (Å²) in [6, 6.07) is 0. The fourth-order valence-corrected chi connectivity index (χ4v) is 3.11. The van der Waals surface area contributed by atoms with Crippen LogP contribution in [0.25, 0.3) is 0 Å². The molecule has 3 N–H and O–H groups in total. The standard InChI is InChI=1S/C9H13BrN2S/c10-9-8(11)7(5-13-9)6-1-3-12-4-2-6/h5-6,12H,1-4,11H2. The van der Waals surface area contributed by atoms with E-state index in [0.717, 1.165) is 22.6 Å². The number of nitrogens with one attached hydrogen (secondary N) is 1. The highest BCUT2D eigenvalue weighted by atomic mass is 79.9.